The van der Waals surface area contributed by atoms with Crippen molar-refractivity contribution in [2.45, 2.75) is 37.8 Å². The SMILES string of the molecule is CC(C)CNC(=O)[C@H](Cc1ccccc1)N(Cc1ccccc1F)C(=O)CN(c1ccccc1F)S(=O)(=O)c1ccccc1. The van der Waals surface area contributed by atoms with Gasteiger partial charge in [-0.2, -0.15) is 0 Å². The first-order valence-electron chi connectivity index (χ1n) is 14.2. The Labute approximate surface area is 257 Å². The Morgan fingerprint density at radius 1 is 0.773 bits per heavy atom. The van der Waals surface area contributed by atoms with Gasteiger partial charge in [0.15, 0.2) is 0 Å². The quantitative estimate of drug-likeness (QED) is 0.212. The number of para-hydroxylation sites is 1. The highest BCUT2D eigenvalue weighted by molar-refractivity contribution is 7.92. The van der Waals surface area contributed by atoms with E-state index < -0.39 is 46.1 Å². The summed E-state index contributed by atoms with van der Waals surface area (Å²) in [5, 5.41) is 2.87. The van der Waals surface area contributed by atoms with Crippen LogP contribution in [0.5, 0.6) is 0 Å². The van der Waals surface area contributed by atoms with Crippen LogP contribution in [0.3, 0.4) is 0 Å². The van der Waals surface area contributed by atoms with Crippen LogP contribution >= 0.6 is 0 Å². The van der Waals surface area contributed by atoms with Gasteiger partial charge in [0.05, 0.1) is 10.6 Å². The summed E-state index contributed by atoms with van der Waals surface area (Å²) in [6.07, 6.45) is 0.0795. The first-order chi connectivity index (χ1) is 21.1. The van der Waals surface area contributed by atoms with Crippen LogP contribution in [0.2, 0.25) is 0 Å². The molecule has 4 aromatic carbocycles. The van der Waals surface area contributed by atoms with E-state index in [2.05, 4.69) is 5.32 Å². The van der Waals surface area contributed by atoms with Gasteiger partial charge in [0.1, 0.15) is 24.2 Å². The Balaban J connectivity index is 1.81. The maximum atomic E-state index is 15.1. The predicted octanol–water partition coefficient (Wildman–Crippen LogP) is 5.57. The molecule has 2 amide bonds. The average Bonchev–Trinajstić information content (AvgIpc) is 3.02. The largest absolute Gasteiger partial charge is 0.354 e. The zero-order valence-corrected chi connectivity index (χ0v) is 25.4. The fourth-order valence-electron chi connectivity index (χ4n) is 4.67. The Morgan fingerprint density at radius 3 is 1.95 bits per heavy atom. The molecule has 0 aliphatic rings. The summed E-state index contributed by atoms with van der Waals surface area (Å²) in [5.74, 6) is -2.61. The Bertz CT molecular complexity index is 1670. The molecular weight excluding hydrogens is 584 g/mol. The third-order valence-corrected chi connectivity index (χ3v) is 8.76. The van der Waals surface area contributed by atoms with Crippen molar-refractivity contribution in [2.24, 2.45) is 5.92 Å². The number of sulfonamides is 1. The topological polar surface area (TPSA) is 86.8 Å². The molecule has 0 saturated heterocycles. The summed E-state index contributed by atoms with van der Waals surface area (Å²) >= 11 is 0. The summed E-state index contributed by atoms with van der Waals surface area (Å²) in [4.78, 5) is 29.0. The molecular formula is C34H35F2N3O4S. The van der Waals surface area contributed by atoms with Crippen LogP contribution in [0.1, 0.15) is 25.0 Å². The van der Waals surface area contributed by atoms with Crippen LogP contribution in [-0.2, 0) is 32.6 Å². The molecule has 0 saturated carbocycles. The molecule has 230 valence electrons. The Morgan fingerprint density at radius 2 is 1.34 bits per heavy atom. The monoisotopic (exact) mass is 619 g/mol. The van der Waals surface area contributed by atoms with Crippen molar-refractivity contribution in [3.8, 4) is 0 Å². The normalized spacial score (nSPS) is 12.0. The number of nitrogens with one attached hydrogen (secondary N) is 1. The number of halogens is 2. The van der Waals surface area contributed by atoms with Gasteiger partial charge in [0, 0.05) is 25.1 Å². The van der Waals surface area contributed by atoms with Crippen LogP contribution in [0.25, 0.3) is 0 Å². The smallest absolute Gasteiger partial charge is 0.264 e. The fraction of sp³-hybridized carbons (Fsp3) is 0.235. The lowest BCUT2D eigenvalue weighted by molar-refractivity contribution is -0.140. The standard InChI is InChI=1S/C34H35F2N3O4S/c1-25(2)22-37-34(41)32(21-26-13-5-3-6-14-26)38(23-27-15-9-10-18-29(27)35)33(40)24-39(31-20-12-11-19-30(31)36)44(42,43)28-16-7-4-8-17-28/h3-20,25,32H,21-24H2,1-2H3,(H,37,41)/t32-/m0/s1. The molecule has 0 aliphatic carbocycles. The molecule has 4 rings (SSSR count). The van der Waals surface area contributed by atoms with Crippen LogP contribution in [0, 0.1) is 17.6 Å². The molecule has 0 spiro atoms. The molecule has 0 aromatic heterocycles. The number of benzene rings is 4. The van der Waals surface area contributed by atoms with Crippen molar-refractivity contribution >= 4 is 27.5 Å². The summed E-state index contributed by atoms with van der Waals surface area (Å²) in [5.41, 5.74) is 0.546. The van der Waals surface area contributed by atoms with Gasteiger partial charge in [-0.1, -0.05) is 92.7 Å². The molecule has 44 heavy (non-hydrogen) atoms. The molecule has 1 N–H and O–H groups in total. The van der Waals surface area contributed by atoms with E-state index in [1.165, 1.54) is 65.6 Å². The first-order valence-corrected chi connectivity index (χ1v) is 15.7. The Kier molecular flexibility index (Phi) is 10.8. The van der Waals surface area contributed by atoms with Crippen molar-refractivity contribution in [1.29, 1.82) is 0 Å². The maximum Gasteiger partial charge on any atom is 0.264 e. The van der Waals surface area contributed by atoms with Gasteiger partial charge in [0.2, 0.25) is 11.8 Å². The van der Waals surface area contributed by atoms with E-state index in [-0.39, 0.29) is 35.0 Å². The van der Waals surface area contributed by atoms with Crippen molar-refractivity contribution in [3.05, 3.63) is 132 Å². The zero-order valence-electron chi connectivity index (χ0n) is 24.6. The van der Waals surface area contributed by atoms with Crippen LogP contribution in [0.4, 0.5) is 14.5 Å². The molecule has 0 unspecified atom stereocenters. The third kappa shape index (κ3) is 8.08. The molecule has 1 atom stereocenters. The lowest BCUT2D eigenvalue weighted by atomic mass is 10.0. The number of nitrogens with zero attached hydrogens (tertiary/aromatic N) is 2. The summed E-state index contributed by atoms with van der Waals surface area (Å²) in [7, 11) is -4.44. The minimum absolute atomic E-state index is 0.0795. The van der Waals surface area contributed by atoms with Gasteiger partial charge in [-0.05, 0) is 41.8 Å². The highest BCUT2D eigenvalue weighted by Crippen LogP contribution is 2.27. The second-order valence-corrected chi connectivity index (χ2v) is 12.6. The Hall–Kier alpha value is -4.57. The molecule has 10 heteroatoms. The highest BCUT2D eigenvalue weighted by atomic mass is 32.2. The summed E-state index contributed by atoms with van der Waals surface area (Å²) in [6, 6.07) is 26.4. The molecule has 0 radical (unpaired) electrons. The van der Waals surface area contributed by atoms with Crippen LogP contribution < -0.4 is 9.62 Å². The number of rotatable bonds is 13. The van der Waals surface area contributed by atoms with Crippen LogP contribution in [-0.4, -0.2) is 44.3 Å². The minimum atomic E-state index is -4.44. The number of hydrogen-bond donors (Lipinski definition) is 1. The molecule has 0 heterocycles. The predicted molar refractivity (Wildman–Crippen MR) is 166 cm³/mol. The summed E-state index contributed by atoms with van der Waals surface area (Å²) in [6.45, 7) is 3.02. The number of carbonyl (C=O) groups excluding carboxylic acids is 2. The third-order valence-electron chi connectivity index (χ3n) is 6.99. The average molecular weight is 620 g/mol. The van der Waals surface area contributed by atoms with E-state index in [1.54, 1.807) is 36.4 Å². The molecule has 0 fully saturated rings. The van der Waals surface area contributed by atoms with Gasteiger partial charge < -0.3 is 10.2 Å². The van der Waals surface area contributed by atoms with Crippen molar-refractivity contribution in [2.75, 3.05) is 17.4 Å². The van der Waals surface area contributed by atoms with Gasteiger partial charge in [-0.25, -0.2) is 17.2 Å². The van der Waals surface area contributed by atoms with Crippen molar-refractivity contribution in [1.82, 2.24) is 10.2 Å². The van der Waals surface area contributed by atoms with Gasteiger partial charge in [-0.3, -0.25) is 13.9 Å². The highest BCUT2D eigenvalue weighted by Gasteiger charge is 2.35. The van der Waals surface area contributed by atoms with Crippen molar-refractivity contribution < 1.29 is 26.8 Å². The lowest BCUT2D eigenvalue weighted by Crippen LogP contribution is -2.54. The first kappa shape index (κ1) is 32.3. The second kappa shape index (κ2) is 14.7. The maximum absolute atomic E-state index is 15.1. The molecule has 7 nitrogen and oxygen atoms in total. The van der Waals surface area contributed by atoms with E-state index in [9.17, 15) is 22.4 Å². The lowest BCUT2D eigenvalue weighted by Gasteiger charge is -2.34. The zero-order chi connectivity index (χ0) is 31.7. The van der Waals surface area contributed by atoms with Gasteiger partial charge in [0.25, 0.3) is 10.0 Å². The number of amides is 2. The molecule has 4 aromatic rings. The van der Waals surface area contributed by atoms with Gasteiger partial charge in [-0.15, -0.1) is 0 Å². The fourth-order valence-corrected chi connectivity index (χ4v) is 6.12. The van der Waals surface area contributed by atoms with Crippen molar-refractivity contribution in [3.63, 3.8) is 0 Å². The van der Waals surface area contributed by atoms with E-state index in [0.717, 1.165) is 11.6 Å². The minimum Gasteiger partial charge on any atom is -0.354 e. The summed E-state index contributed by atoms with van der Waals surface area (Å²) < 4.78 is 58.5. The molecule has 0 bridgehead atoms. The van der Waals surface area contributed by atoms with Gasteiger partial charge >= 0.3 is 0 Å². The van der Waals surface area contributed by atoms with E-state index in [4.69, 9.17) is 0 Å². The number of carbonyl (C=O) groups is 2. The van der Waals surface area contributed by atoms with E-state index >= 15 is 4.39 Å². The second-order valence-electron chi connectivity index (χ2n) is 10.7. The van der Waals surface area contributed by atoms with E-state index in [1.807, 2.05) is 19.9 Å². The number of anilines is 1. The molecule has 0 aliphatic heterocycles. The van der Waals surface area contributed by atoms with E-state index in [0.29, 0.717) is 10.8 Å². The van der Waals surface area contributed by atoms with Crippen LogP contribution in [0.15, 0.2) is 114 Å². The number of hydrogen-bond acceptors (Lipinski definition) is 4.